The van der Waals surface area contributed by atoms with Crippen molar-refractivity contribution in [1.82, 2.24) is 19.1 Å². The number of aromatic nitrogens is 4. The highest BCUT2D eigenvalue weighted by Gasteiger charge is 2.31. The van der Waals surface area contributed by atoms with Crippen LogP contribution in [0.4, 0.5) is 39.5 Å². The summed E-state index contributed by atoms with van der Waals surface area (Å²) in [4.78, 5) is 5.24. The molecule has 0 radical (unpaired) electrons. The quantitative estimate of drug-likeness (QED) is 0.140. The normalized spacial score (nSPS) is 11.8. The van der Waals surface area contributed by atoms with Crippen LogP contribution in [0.1, 0.15) is 22.6 Å². The average molecular weight is 638 g/mol. The van der Waals surface area contributed by atoms with Crippen molar-refractivity contribution >= 4 is 21.8 Å². The summed E-state index contributed by atoms with van der Waals surface area (Å²) in [5.41, 5.74) is -1.38. The summed E-state index contributed by atoms with van der Waals surface area (Å²) >= 11 is 0. The Hall–Kier alpha value is -5.59. The Labute approximate surface area is 252 Å². The van der Waals surface area contributed by atoms with E-state index >= 15 is 17.6 Å². The Bertz CT molecular complexity index is 2150. The number of halogens is 9. The topological polar surface area (TPSA) is 35.6 Å². The number of fused-ring (bicyclic) bond motifs is 2. The molecular weight excluding hydrogens is 623 g/mol. The highest BCUT2D eigenvalue weighted by molar-refractivity contribution is 5.91. The van der Waals surface area contributed by atoms with Crippen LogP contribution in [0.25, 0.3) is 33.2 Å². The molecular formula is C33H15F9N4. The molecule has 13 heteroatoms. The fourth-order valence-corrected chi connectivity index (χ4v) is 5.83. The first kappa shape index (κ1) is 29.1. The number of para-hydroxylation sites is 2. The molecule has 0 amide bonds. The minimum absolute atomic E-state index is 0.0841. The zero-order chi connectivity index (χ0) is 32.4. The van der Waals surface area contributed by atoms with E-state index in [-0.39, 0.29) is 27.7 Å². The smallest absolute Gasteiger partial charge is 0.253 e. The van der Waals surface area contributed by atoms with E-state index in [9.17, 15) is 22.0 Å². The van der Waals surface area contributed by atoms with Gasteiger partial charge in [0.05, 0.1) is 11.0 Å². The van der Waals surface area contributed by atoms with E-state index in [1.165, 1.54) is 48.8 Å². The van der Waals surface area contributed by atoms with Crippen molar-refractivity contribution in [2.24, 2.45) is 0 Å². The van der Waals surface area contributed by atoms with Crippen LogP contribution >= 0.6 is 0 Å². The third-order valence-electron chi connectivity index (χ3n) is 7.72. The first-order valence-electron chi connectivity index (χ1n) is 13.4. The van der Waals surface area contributed by atoms with Crippen molar-refractivity contribution in [1.29, 1.82) is 0 Å². The van der Waals surface area contributed by atoms with Gasteiger partial charge >= 0.3 is 0 Å². The Morgan fingerprint density at radius 3 is 1.30 bits per heavy atom. The maximum Gasteiger partial charge on any atom is 0.253 e. The van der Waals surface area contributed by atoms with Crippen molar-refractivity contribution in [2.75, 3.05) is 0 Å². The van der Waals surface area contributed by atoms with Gasteiger partial charge in [0.2, 0.25) is 23.3 Å². The highest BCUT2D eigenvalue weighted by Crippen LogP contribution is 2.43. The Kier molecular flexibility index (Phi) is 6.83. The summed E-state index contributed by atoms with van der Waals surface area (Å²) in [5.74, 6) is -16.5. The largest absolute Gasteiger partial charge is 0.311 e. The molecule has 0 saturated carbocycles. The maximum absolute atomic E-state index is 15.1. The van der Waals surface area contributed by atoms with Crippen LogP contribution in [0, 0.1) is 52.9 Å². The molecule has 0 bridgehead atoms. The second kappa shape index (κ2) is 10.8. The van der Waals surface area contributed by atoms with Gasteiger partial charge in [-0.1, -0.05) is 48.5 Å². The van der Waals surface area contributed by atoms with E-state index in [2.05, 4.69) is 9.97 Å². The lowest BCUT2D eigenvalue weighted by molar-refractivity contribution is 0.403. The van der Waals surface area contributed by atoms with Gasteiger partial charge in [-0.25, -0.2) is 4.39 Å². The molecule has 4 aromatic heterocycles. The summed E-state index contributed by atoms with van der Waals surface area (Å²) in [6.07, 6.45) is 2.39. The van der Waals surface area contributed by atoms with E-state index in [0.29, 0.717) is 10.8 Å². The van der Waals surface area contributed by atoms with Gasteiger partial charge < -0.3 is 9.13 Å². The average Bonchev–Trinajstić information content (AvgIpc) is 3.59. The third-order valence-corrected chi connectivity index (χ3v) is 7.72. The molecule has 3 aromatic carbocycles. The lowest BCUT2D eigenvalue weighted by Crippen LogP contribution is -2.09. The minimum Gasteiger partial charge on any atom is -0.311 e. The van der Waals surface area contributed by atoms with Crippen molar-refractivity contribution < 1.29 is 39.5 Å². The lowest BCUT2D eigenvalue weighted by Gasteiger charge is -2.18. The molecule has 7 aromatic rings. The van der Waals surface area contributed by atoms with Gasteiger partial charge in [-0.3, -0.25) is 0 Å². The summed E-state index contributed by atoms with van der Waals surface area (Å²) in [6.45, 7) is 0. The first-order valence-corrected chi connectivity index (χ1v) is 13.4. The molecule has 0 saturated heterocycles. The Balaban J connectivity index is 1.59. The van der Waals surface area contributed by atoms with Gasteiger partial charge in [-0.05, 0) is 41.0 Å². The van der Waals surface area contributed by atoms with Crippen LogP contribution < -0.4 is 0 Å². The van der Waals surface area contributed by atoms with Crippen LogP contribution in [0.15, 0.2) is 85.2 Å². The van der Waals surface area contributed by atoms with Crippen LogP contribution in [0.3, 0.4) is 0 Å². The number of hydrogen-bond donors (Lipinski definition) is 0. The van der Waals surface area contributed by atoms with Gasteiger partial charge in [0.25, 0.3) is 23.8 Å². The second-order valence-corrected chi connectivity index (χ2v) is 10.3. The number of hydrogen-bond acceptors (Lipinski definition) is 2. The zero-order valence-electron chi connectivity index (χ0n) is 22.9. The number of benzene rings is 3. The number of pyridine rings is 2. The van der Waals surface area contributed by atoms with Gasteiger partial charge in [0.15, 0.2) is 0 Å². The summed E-state index contributed by atoms with van der Waals surface area (Å²) < 4.78 is 134. The van der Waals surface area contributed by atoms with E-state index in [1.54, 1.807) is 24.3 Å². The standard InChI is InChI=1S/C33H15F9N4/c34-16-7-5-6-15(12-16)23(19-13-45(21-10-3-1-8-17(19)21)28-24(35)30(39)43-31(40)25(28)36)20-14-46(22-11-4-2-9-18(20)22)29-26(37)32(41)44-33(42)27(29)38/h1-14,23H. The van der Waals surface area contributed by atoms with E-state index in [0.717, 1.165) is 21.3 Å². The van der Waals surface area contributed by atoms with Crippen LogP contribution in [-0.2, 0) is 0 Å². The molecule has 0 aliphatic heterocycles. The number of rotatable bonds is 5. The van der Waals surface area contributed by atoms with Crippen LogP contribution in [0.5, 0.6) is 0 Å². The zero-order valence-corrected chi connectivity index (χ0v) is 22.9. The molecule has 0 aliphatic rings. The SMILES string of the molecule is Fc1cccc(C(c2cn(-c3c(F)c(F)nc(F)c3F)c3ccccc23)c2cn(-c3c(F)c(F)nc(F)c3F)c3ccccc23)c1. The molecule has 0 spiro atoms. The van der Waals surface area contributed by atoms with Crippen LogP contribution in [-0.4, -0.2) is 19.1 Å². The third kappa shape index (κ3) is 4.41. The summed E-state index contributed by atoms with van der Waals surface area (Å²) in [7, 11) is 0. The van der Waals surface area contributed by atoms with Crippen LogP contribution in [0.2, 0.25) is 0 Å². The predicted molar refractivity (Wildman–Crippen MR) is 149 cm³/mol. The van der Waals surface area contributed by atoms with Crippen molar-refractivity contribution in [3.05, 3.63) is 155 Å². The van der Waals surface area contributed by atoms with Crippen molar-refractivity contribution in [3.8, 4) is 11.4 Å². The molecule has 230 valence electrons. The van der Waals surface area contributed by atoms with Gasteiger partial charge in [-0.15, -0.1) is 0 Å². The predicted octanol–water partition coefficient (Wildman–Crippen LogP) is 8.80. The maximum atomic E-state index is 15.1. The monoisotopic (exact) mass is 638 g/mol. The second-order valence-electron chi connectivity index (χ2n) is 10.3. The van der Waals surface area contributed by atoms with E-state index in [1.807, 2.05) is 0 Å². The van der Waals surface area contributed by atoms with Gasteiger partial charge in [0, 0.05) is 29.1 Å². The Morgan fingerprint density at radius 2 is 0.891 bits per heavy atom. The van der Waals surface area contributed by atoms with Crippen molar-refractivity contribution in [2.45, 2.75) is 5.92 Å². The molecule has 0 aliphatic carbocycles. The van der Waals surface area contributed by atoms with Gasteiger partial charge in [-0.2, -0.15) is 45.1 Å². The van der Waals surface area contributed by atoms with Crippen molar-refractivity contribution in [3.63, 3.8) is 0 Å². The molecule has 0 N–H and O–H groups in total. The molecule has 4 heterocycles. The molecule has 4 nitrogen and oxygen atoms in total. The van der Waals surface area contributed by atoms with E-state index in [4.69, 9.17) is 0 Å². The number of nitrogens with zero attached hydrogens (tertiary/aromatic N) is 4. The summed E-state index contributed by atoms with van der Waals surface area (Å²) in [5, 5.41) is 0.590. The molecule has 0 fully saturated rings. The Morgan fingerprint density at radius 1 is 0.478 bits per heavy atom. The minimum atomic E-state index is -1.89. The molecule has 7 rings (SSSR count). The fraction of sp³-hybridized carbons (Fsp3) is 0.0303. The summed E-state index contributed by atoms with van der Waals surface area (Å²) in [6, 6.07) is 17.3. The molecule has 0 unspecified atom stereocenters. The fourth-order valence-electron chi connectivity index (χ4n) is 5.83. The highest BCUT2D eigenvalue weighted by atomic mass is 19.2. The molecule has 0 atom stereocenters. The van der Waals surface area contributed by atoms with Gasteiger partial charge in [0.1, 0.15) is 17.2 Å². The van der Waals surface area contributed by atoms with E-state index < -0.39 is 70.2 Å². The molecule has 46 heavy (non-hydrogen) atoms. The lowest BCUT2D eigenvalue weighted by atomic mass is 9.85. The first-order chi connectivity index (χ1) is 22.1.